The van der Waals surface area contributed by atoms with Gasteiger partial charge in [-0.15, -0.1) is 0 Å². The summed E-state index contributed by atoms with van der Waals surface area (Å²) in [5, 5.41) is 11.8. The predicted molar refractivity (Wildman–Crippen MR) is 95.3 cm³/mol. The number of hydrogen-bond acceptors (Lipinski definition) is 4. The molecule has 26 heavy (non-hydrogen) atoms. The van der Waals surface area contributed by atoms with Gasteiger partial charge in [-0.05, 0) is 42.0 Å². The SMILES string of the molecule is COc1cccc(C(=O)NCc2cccc(-c3ccc(C(=O)O)o3)c2)c1. The summed E-state index contributed by atoms with van der Waals surface area (Å²) in [6.45, 7) is 0.330. The van der Waals surface area contributed by atoms with Gasteiger partial charge >= 0.3 is 5.97 Å². The number of amides is 1. The zero-order valence-corrected chi connectivity index (χ0v) is 14.1. The van der Waals surface area contributed by atoms with Crippen molar-refractivity contribution in [1.29, 1.82) is 0 Å². The van der Waals surface area contributed by atoms with E-state index in [0.29, 0.717) is 23.6 Å². The number of aromatic carboxylic acids is 1. The molecule has 3 rings (SSSR count). The second-order valence-corrected chi connectivity index (χ2v) is 5.58. The summed E-state index contributed by atoms with van der Waals surface area (Å²) in [7, 11) is 1.55. The molecule has 6 heteroatoms. The lowest BCUT2D eigenvalue weighted by Gasteiger charge is -2.08. The second-order valence-electron chi connectivity index (χ2n) is 5.58. The summed E-state index contributed by atoms with van der Waals surface area (Å²) in [6, 6.07) is 17.3. The molecule has 1 heterocycles. The zero-order chi connectivity index (χ0) is 18.5. The van der Waals surface area contributed by atoms with Crippen LogP contribution in [-0.2, 0) is 6.54 Å². The Morgan fingerprint density at radius 2 is 1.88 bits per heavy atom. The number of methoxy groups -OCH3 is 1. The van der Waals surface area contributed by atoms with Crippen LogP contribution in [0.4, 0.5) is 0 Å². The van der Waals surface area contributed by atoms with Gasteiger partial charge in [0.05, 0.1) is 7.11 Å². The van der Waals surface area contributed by atoms with E-state index >= 15 is 0 Å². The normalized spacial score (nSPS) is 10.3. The molecule has 0 atom stereocenters. The van der Waals surface area contributed by atoms with Crippen LogP contribution >= 0.6 is 0 Å². The van der Waals surface area contributed by atoms with Crippen molar-refractivity contribution in [2.75, 3.05) is 7.11 Å². The van der Waals surface area contributed by atoms with Crippen LogP contribution in [0.25, 0.3) is 11.3 Å². The monoisotopic (exact) mass is 351 g/mol. The lowest BCUT2D eigenvalue weighted by atomic mass is 10.1. The standard InChI is InChI=1S/C20H17NO5/c1-25-16-7-3-6-15(11-16)19(22)21-12-13-4-2-5-14(10-13)17-8-9-18(26-17)20(23)24/h2-11H,12H2,1H3,(H,21,22)(H,23,24). The summed E-state index contributed by atoms with van der Waals surface area (Å²) in [4.78, 5) is 23.2. The number of nitrogens with one attached hydrogen (secondary N) is 1. The summed E-state index contributed by atoms with van der Waals surface area (Å²) < 4.78 is 10.4. The fourth-order valence-corrected chi connectivity index (χ4v) is 2.49. The molecule has 1 amide bonds. The molecule has 0 aliphatic heterocycles. The molecule has 0 saturated carbocycles. The zero-order valence-electron chi connectivity index (χ0n) is 14.1. The van der Waals surface area contributed by atoms with Crippen LogP contribution in [0.1, 0.15) is 26.5 Å². The molecule has 0 bridgehead atoms. The van der Waals surface area contributed by atoms with E-state index in [-0.39, 0.29) is 11.7 Å². The molecular formula is C20H17NO5. The van der Waals surface area contributed by atoms with E-state index in [1.165, 1.54) is 6.07 Å². The number of hydrogen-bond donors (Lipinski definition) is 2. The van der Waals surface area contributed by atoms with E-state index in [1.807, 2.05) is 24.3 Å². The molecule has 2 aromatic carbocycles. The smallest absolute Gasteiger partial charge is 0.371 e. The van der Waals surface area contributed by atoms with E-state index in [1.54, 1.807) is 37.4 Å². The number of carboxylic acids is 1. The second kappa shape index (κ2) is 7.57. The van der Waals surface area contributed by atoms with Gasteiger partial charge in [0.15, 0.2) is 0 Å². The van der Waals surface area contributed by atoms with Gasteiger partial charge in [-0.1, -0.05) is 24.3 Å². The predicted octanol–water partition coefficient (Wildman–Crippen LogP) is 3.58. The first kappa shape index (κ1) is 17.3. The van der Waals surface area contributed by atoms with Crippen LogP contribution in [0, 0.1) is 0 Å². The Morgan fingerprint density at radius 3 is 2.62 bits per heavy atom. The van der Waals surface area contributed by atoms with Gasteiger partial charge in [-0.2, -0.15) is 0 Å². The van der Waals surface area contributed by atoms with Gasteiger partial charge < -0.3 is 19.6 Å². The maximum absolute atomic E-state index is 12.3. The Bertz CT molecular complexity index is 945. The Labute approximate surface area is 150 Å². The molecule has 0 spiro atoms. The topological polar surface area (TPSA) is 88.8 Å². The highest BCUT2D eigenvalue weighted by molar-refractivity contribution is 5.94. The number of ether oxygens (including phenoxy) is 1. The number of carboxylic acid groups (broad SMARTS) is 1. The number of furan rings is 1. The molecule has 1 aromatic heterocycles. The molecule has 0 aliphatic carbocycles. The van der Waals surface area contributed by atoms with E-state index in [0.717, 1.165) is 11.1 Å². The molecular weight excluding hydrogens is 334 g/mol. The van der Waals surface area contributed by atoms with Gasteiger partial charge in [0.2, 0.25) is 5.76 Å². The average molecular weight is 351 g/mol. The fraction of sp³-hybridized carbons (Fsp3) is 0.100. The highest BCUT2D eigenvalue weighted by Crippen LogP contribution is 2.23. The van der Waals surface area contributed by atoms with Crippen LogP contribution in [0.3, 0.4) is 0 Å². The van der Waals surface area contributed by atoms with Crippen molar-refractivity contribution >= 4 is 11.9 Å². The van der Waals surface area contributed by atoms with Crippen molar-refractivity contribution in [3.8, 4) is 17.1 Å². The van der Waals surface area contributed by atoms with Crippen molar-refractivity contribution in [2.45, 2.75) is 6.54 Å². The minimum absolute atomic E-state index is 0.114. The van der Waals surface area contributed by atoms with Gasteiger partial charge in [0.25, 0.3) is 5.91 Å². The molecule has 0 aliphatic rings. The third-order valence-corrected chi connectivity index (χ3v) is 3.81. The number of benzene rings is 2. The summed E-state index contributed by atoms with van der Waals surface area (Å²) in [6.07, 6.45) is 0. The van der Waals surface area contributed by atoms with Crippen LogP contribution in [0.5, 0.6) is 5.75 Å². The molecule has 132 valence electrons. The minimum atomic E-state index is -1.11. The molecule has 3 aromatic rings. The van der Waals surface area contributed by atoms with Crippen LogP contribution in [0.15, 0.2) is 65.1 Å². The van der Waals surface area contributed by atoms with Gasteiger partial charge in [-0.3, -0.25) is 4.79 Å². The lowest BCUT2D eigenvalue weighted by molar-refractivity contribution is 0.0663. The summed E-state index contributed by atoms with van der Waals surface area (Å²) in [5.41, 5.74) is 2.12. The Hall–Kier alpha value is -3.54. The first-order valence-electron chi connectivity index (χ1n) is 7.91. The van der Waals surface area contributed by atoms with Crippen molar-refractivity contribution < 1.29 is 23.8 Å². The first-order chi connectivity index (χ1) is 12.6. The van der Waals surface area contributed by atoms with Crippen molar-refractivity contribution in [3.05, 3.63) is 77.6 Å². The molecule has 0 radical (unpaired) electrons. The highest BCUT2D eigenvalue weighted by atomic mass is 16.5. The fourth-order valence-electron chi connectivity index (χ4n) is 2.49. The van der Waals surface area contributed by atoms with Crippen molar-refractivity contribution in [2.24, 2.45) is 0 Å². The maximum atomic E-state index is 12.3. The van der Waals surface area contributed by atoms with E-state index < -0.39 is 5.97 Å². The average Bonchev–Trinajstić information content (AvgIpc) is 3.17. The van der Waals surface area contributed by atoms with Gasteiger partial charge in [-0.25, -0.2) is 4.79 Å². The minimum Gasteiger partial charge on any atom is -0.497 e. The number of carbonyl (C=O) groups excluding carboxylic acids is 1. The summed E-state index contributed by atoms with van der Waals surface area (Å²) in [5.74, 6) is -0.356. The number of rotatable bonds is 6. The molecule has 0 fully saturated rings. The molecule has 2 N–H and O–H groups in total. The Balaban J connectivity index is 1.70. The first-order valence-corrected chi connectivity index (χ1v) is 7.91. The van der Waals surface area contributed by atoms with Gasteiger partial charge in [0.1, 0.15) is 11.5 Å². The largest absolute Gasteiger partial charge is 0.497 e. The van der Waals surface area contributed by atoms with Gasteiger partial charge in [0, 0.05) is 17.7 Å². The van der Waals surface area contributed by atoms with Crippen molar-refractivity contribution in [1.82, 2.24) is 5.32 Å². The van der Waals surface area contributed by atoms with E-state index in [9.17, 15) is 9.59 Å². The lowest BCUT2D eigenvalue weighted by Crippen LogP contribution is -2.22. The maximum Gasteiger partial charge on any atom is 0.371 e. The Morgan fingerprint density at radius 1 is 1.08 bits per heavy atom. The molecule has 0 saturated heterocycles. The molecule has 6 nitrogen and oxygen atoms in total. The quantitative estimate of drug-likeness (QED) is 0.708. The van der Waals surface area contributed by atoms with Crippen LogP contribution < -0.4 is 10.1 Å². The van der Waals surface area contributed by atoms with Crippen LogP contribution in [0.2, 0.25) is 0 Å². The van der Waals surface area contributed by atoms with Crippen molar-refractivity contribution in [3.63, 3.8) is 0 Å². The Kier molecular flexibility index (Phi) is 5.03. The molecule has 0 unspecified atom stereocenters. The van der Waals surface area contributed by atoms with E-state index in [4.69, 9.17) is 14.3 Å². The number of carbonyl (C=O) groups is 2. The van der Waals surface area contributed by atoms with E-state index in [2.05, 4.69) is 5.32 Å². The third kappa shape index (κ3) is 3.92. The highest BCUT2D eigenvalue weighted by Gasteiger charge is 2.11. The summed E-state index contributed by atoms with van der Waals surface area (Å²) >= 11 is 0. The third-order valence-electron chi connectivity index (χ3n) is 3.81. The van der Waals surface area contributed by atoms with Crippen LogP contribution in [-0.4, -0.2) is 24.1 Å².